The van der Waals surface area contributed by atoms with Crippen molar-refractivity contribution >= 4 is 17.8 Å². The van der Waals surface area contributed by atoms with Gasteiger partial charge in [0.05, 0.1) is 6.61 Å². The topological polar surface area (TPSA) is 96.4 Å². The van der Waals surface area contributed by atoms with Crippen LogP contribution < -0.4 is 9.47 Å². The van der Waals surface area contributed by atoms with Gasteiger partial charge in [-0.05, 0) is 51.3 Å². The van der Waals surface area contributed by atoms with Gasteiger partial charge in [-0.25, -0.2) is 4.79 Å². The molecule has 0 aromatic heterocycles. The number of piperidine rings is 1. The van der Waals surface area contributed by atoms with E-state index in [9.17, 15) is 14.4 Å². The standard InChI is InChI=1S/C20H28N2O6/c1-4-27-17-12-15(19(24)21(3)14(2)20(25)26)8-9-16(17)28-13-18(23)22-10-6-5-7-11-22/h8-9,12,14H,4-7,10-11,13H2,1-3H3,(H,25,26). The Labute approximate surface area is 165 Å². The maximum Gasteiger partial charge on any atom is 0.326 e. The maximum atomic E-state index is 12.5. The summed E-state index contributed by atoms with van der Waals surface area (Å²) >= 11 is 0. The smallest absolute Gasteiger partial charge is 0.326 e. The lowest BCUT2D eigenvalue weighted by atomic mass is 10.1. The molecule has 154 valence electrons. The van der Waals surface area contributed by atoms with Gasteiger partial charge in [0.2, 0.25) is 0 Å². The number of likely N-dealkylation sites (tertiary alicyclic amines) is 1. The van der Waals surface area contributed by atoms with Crippen molar-refractivity contribution < 1.29 is 29.0 Å². The van der Waals surface area contributed by atoms with Gasteiger partial charge in [0.1, 0.15) is 6.04 Å². The van der Waals surface area contributed by atoms with Crippen LogP contribution in [0.15, 0.2) is 18.2 Å². The van der Waals surface area contributed by atoms with Crippen molar-refractivity contribution in [3.8, 4) is 11.5 Å². The molecule has 0 spiro atoms. The molecule has 1 fully saturated rings. The number of carbonyl (C=O) groups is 3. The maximum absolute atomic E-state index is 12.5. The average molecular weight is 392 g/mol. The largest absolute Gasteiger partial charge is 0.490 e. The molecular weight excluding hydrogens is 364 g/mol. The van der Waals surface area contributed by atoms with Crippen LogP contribution in [-0.4, -0.2) is 72.1 Å². The van der Waals surface area contributed by atoms with Crippen LogP contribution in [0.1, 0.15) is 43.5 Å². The third-order valence-corrected chi connectivity index (χ3v) is 4.81. The van der Waals surface area contributed by atoms with E-state index in [-0.39, 0.29) is 18.1 Å². The lowest BCUT2D eigenvalue weighted by Crippen LogP contribution is -2.40. The monoisotopic (exact) mass is 392 g/mol. The van der Waals surface area contributed by atoms with Gasteiger partial charge < -0.3 is 24.4 Å². The number of carboxylic acids is 1. The van der Waals surface area contributed by atoms with Gasteiger partial charge in [-0.1, -0.05) is 0 Å². The summed E-state index contributed by atoms with van der Waals surface area (Å²) in [6.07, 6.45) is 3.16. The van der Waals surface area contributed by atoms with Gasteiger partial charge in [0.15, 0.2) is 18.1 Å². The molecule has 0 aliphatic carbocycles. The molecule has 0 radical (unpaired) electrons. The van der Waals surface area contributed by atoms with Crippen LogP contribution in [0.4, 0.5) is 0 Å². The third-order valence-electron chi connectivity index (χ3n) is 4.81. The second-order valence-electron chi connectivity index (χ2n) is 6.75. The SMILES string of the molecule is CCOc1cc(C(=O)N(C)C(C)C(=O)O)ccc1OCC(=O)N1CCCCC1. The molecule has 1 unspecified atom stereocenters. The van der Waals surface area contributed by atoms with E-state index in [1.807, 2.05) is 0 Å². The summed E-state index contributed by atoms with van der Waals surface area (Å²) in [4.78, 5) is 38.9. The van der Waals surface area contributed by atoms with E-state index in [0.29, 0.717) is 18.1 Å². The Morgan fingerprint density at radius 1 is 1.14 bits per heavy atom. The van der Waals surface area contributed by atoms with Crippen molar-refractivity contribution in [3.05, 3.63) is 23.8 Å². The average Bonchev–Trinajstić information content (AvgIpc) is 2.71. The Morgan fingerprint density at radius 2 is 1.82 bits per heavy atom. The van der Waals surface area contributed by atoms with Crippen molar-refractivity contribution in [2.24, 2.45) is 0 Å². The molecule has 1 aromatic carbocycles. The number of amides is 2. The molecule has 0 saturated carbocycles. The first kappa shape index (κ1) is 21.5. The number of ether oxygens (including phenoxy) is 2. The second kappa shape index (κ2) is 9.96. The van der Waals surface area contributed by atoms with E-state index in [1.54, 1.807) is 17.9 Å². The van der Waals surface area contributed by atoms with Crippen LogP contribution in [0, 0.1) is 0 Å². The zero-order valence-corrected chi connectivity index (χ0v) is 16.6. The van der Waals surface area contributed by atoms with Crippen LogP contribution in [0.3, 0.4) is 0 Å². The number of rotatable bonds is 8. The predicted octanol–water partition coefficient (Wildman–Crippen LogP) is 2.02. The molecule has 8 heteroatoms. The number of aliphatic carboxylic acids is 1. The number of benzene rings is 1. The first-order valence-corrected chi connectivity index (χ1v) is 9.52. The lowest BCUT2D eigenvalue weighted by molar-refractivity contribution is -0.141. The Morgan fingerprint density at radius 3 is 2.43 bits per heavy atom. The molecule has 8 nitrogen and oxygen atoms in total. The van der Waals surface area contributed by atoms with Crippen molar-refractivity contribution in [1.82, 2.24) is 9.80 Å². The van der Waals surface area contributed by atoms with Gasteiger partial charge in [-0.15, -0.1) is 0 Å². The van der Waals surface area contributed by atoms with E-state index in [4.69, 9.17) is 14.6 Å². The van der Waals surface area contributed by atoms with Gasteiger partial charge in [0.25, 0.3) is 11.8 Å². The predicted molar refractivity (Wildman–Crippen MR) is 103 cm³/mol. The molecule has 1 N–H and O–H groups in total. The highest BCUT2D eigenvalue weighted by atomic mass is 16.5. The highest BCUT2D eigenvalue weighted by molar-refractivity contribution is 5.97. The molecule has 1 aromatic rings. The minimum absolute atomic E-state index is 0.0719. The van der Waals surface area contributed by atoms with E-state index in [1.165, 1.54) is 26.1 Å². The van der Waals surface area contributed by atoms with Gasteiger partial charge in [-0.2, -0.15) is 0 Å². The second-order valence-corrected chi connectivity index (χ2v) is 6.75. The first-order valence-electron chi connectivity index (χ1n) is 9.52. The lowest BCUT2D eigenvalue weighted by Gasteiger charge is -2.26. The van der Waals surface area contributed by atoms with Crippen molar-refractivity contribution in [3.63, 3.8) is 0 Å². The fraction of sp³-hybridized carbons (Fsp3) is 0.550. The first-order chi connectivity index (χ1) is 13.3. The minimum Gasteiger partial charge on any atom is -0.490 e. The highest BCUT2D eigenvalue weighted by Crippen LogP contribution is 2.29. The zero-order chi connectivity index (χ0) is 20.7. The zero-order valence-electron chi connectivity index (χ0n) is 16.6. The molecule has 28 heavy (non-hydrogen) atoms. The molecule has 2 amide bonds. The van der Waals surface area contributed by atoms with Crippen LogP contribution in [0.2, 0.25) is 0 Å². The summed E-state index contributed by atoms with van der Waals surface area (Å²) in [5, 5.41) is 9.09. The quantitative estimate of drug-likeness (QED) is 0.727. The Kier molecular flexibility index (Phi) is 7.66. The summed E-state index contributed by atoms with van der Waals surface area (Å²) in [5.74, 6) is -0.880. The molecular formula is C20H28N2O6. The Bertz CT molecular complexity index is 715. The molecule has 1 aliphatic heterocycles. The van der Waals surface area contributed by atoms with Crippen LogP contribution >= 0.6 is 0 Å². The minimum atomic E-state index is -1.09. The molecule has 1 saturated heterocycles. The summed E-state index contributed by atoms with van der Waals surface area (Å²) in [6.45, 7) is 5.01. The van der Waals surface area contributed by atoms with Crippen molar-refractivity contribution in [1.29, 1.82) is 0 Å². The normalized spacial score (nSPS) is 14.9. The Hall–Kier alpha value is -2.77. The fourth-order valence-corrected chi connectivity index (χ4v) is 2.95. The van der Waals surface area contributed by atoms with Gasteiger partial charge >= 0.3 is 5.97 Å². The number of hydrogen-bond acceptors (Lipinski definition) is 5. The molecule has 0 bridgehead atoms. The number of carboxylic acid groups (broad SMARTS) is 1. The summed E-state index contributed by atoms with van der Waals surface area (Å²) in [7, 11) is 1.43. The fourth-order valence-electron chi connectivity index (χ4n) is 2.95. The number of carbonyl (C=O) groups excluding carboxylic acids is 2. The number of nitrogens with zero attached hydrogens (tertiary/aromatic N) is 2. The van der Waals surface area contributed by atoms with E-state index >= 15 is 0 Å². The van der Waals surface area contributed by atoms with Crippen LogP contribution in [0.5, 0.6) is 11.5 Å². The molecule has 1 heterocycles. The molecule has 1 aliphatic rings. The summed E-state index contributed by atoms with van der Waals surface area (Å²) in [6, 6.07) is 3.66. The molecule has 1 atom stereocenters. The summed E-state index contributed by atoms with van der Waals surface area (Å²) in [5.41, 5.74) is 0.286. The van der Waals surface area contributed by atoms with E-state index in [0.717, 1.165) is 37.3 Å². The summed E-state index contributed by atoms with van der Waals surface area (Å²) < 4.78 is 11.2. The third kappa shape index (κ3) is 5.37. The van der Waals surface area contributed by atoms with E-state index < -0.39 is 17.9 Å². The number of hydrogen-bond donors (Lipinski definition) is 1. The van der Waals surface area contributed by atoms with Crippen molar-refractivity contribution in [2.45, 2.75) is 39.2 Å². The molecule has 2 rings (SSSR count). The number of likely N-dealkylation sites (N-methyl/N-ethyl adjacent to an activating group) is 1. The van der Waals surface area contributed by atoms with Crippen molar-refractivity contribution in [2.75, 3.05) is 33.4 Å². The Balaban J connectivity index is 2.10. The van der Waals surface area contributed by atoms with Crippen LogP contribution in [-0.2, 0) is 9.59 Å². The van der Waals surface area contributed by atoms with E-state index in [2.05, 4.69) is 0 Å². The van der Waals surface area contributed by atoms with Crippen LogP contribution in [0.25, 0.3) is 0 Å². The van der Waals surface area contributed by atoms with Gasteiger partial charge in [0, 0.05) is 25.7 Å². The highest BCUT2D eigenvalue weighted by Gasteiger charge is 2.24. The van der Waals surface area contributed by atoms with Gasteiger partial charge in [-0.3, -0.25) is 9.59 Å².